The van der Waals surface area contributed by atoms with Crippen LogP contribution in [0.4, 0.5) is 0 Å². The Kier molecular flexibility index (Phi) is 20.6. The van der Waals surface area contributed by atoms with Crippen molar-refractivity contribution in [2.24, 2.45) is 23.7 Å². The van der Waals surface area contributed by atoms with Gasteiger partial charge in [-0.1, -0.05) is 87.1 Å². The summed E-state index contributed by atoms with van der Waals surface area (Å²) in [7, 11) is 3.41. The van der Waals surface area contributed by atoms with Crippen molar-refractivity contribution in [2.75, 3.05) is 33.7 Å². The maximum absolute atomic E-state index is 15.0. The van der Waals surface area contributed by atoms with Gasteiger partial charge in [0.1, 0.15) is 24.2 Å². The van der Waals surface area contributed by atoms with Crippen molar-refractivity contribution in [1.82, 2.24) is 52.3 Å². The molecule has 2 saturated heterocycles. The number of hydrogen-bond donors (Lipinski definition) is 8. The summed E-state index contributed by atoms with van der Waals surface area (Å²) >= 11 is 0. The Labute approximate surface area is 479 Å². The Balaban J connectivity index is 0.849. The number of nitrogens with one attached hydrogen (secondary N) is 8. The molecule has 5 fully saturated rings. The first-order chi connectivity index (χ1) is 39.2. The fourth-order valence-corrected chi connectivity index (χ4v) is 14.6. The molecule has 2 aromatic carbocycles. The van der Waals surface area contributed by atoms with Crippen LogP contribution in [-0.2, 0) is 51.2 Å². The Morgan fingerprint density at radius 3 is 1.43 bits per heavy atom. The van der Waals surface area contributed by atoms with E-state index < -0.39 is 48.3 Å². The number of hydrogen-bond acceptors (Lipinski definition) is 10. The van der Waals surface area contributed by atoms with Crippen LogP contribution in [0, 0.1) is 23.7 Å². The van der Waals surface area contributed by atoms with Crippen LogP contribution >= 0.6 is 0 Å². The molecular formula is C63H92N10O8. The fraction of sp³-hybridized carbons (Fsp3) is 0.683. The van der Waals surface area contributed by atoms with Gasteiger partial charge in [0, 0.05) is 49.5 Å². The second-order valence-electron chi connectivity index (χ2n) is 24.9. The molecule has 18 heteroatoms. The van der Waals surface area contributed by atoms with Crippen molar-refractivity contribution in [3.63, 3.8) is 0 Å². The fourth-order valence-electron chi connectivity index (χ4n) is 14.6. The highest BCUT2D eigenvalue weighted by atomic mass is 16.2. The number of aryl methyl sites for hydroxylation is 2. The summed E-state index contributed by atoms with van der Waals surface area (Å²) in [5, 5.41) is 25.1. The van der Waals surface area contributed by atoms with Gasteiger partial charge in [0.2, 0.25) is 47.3 Å². The Bertz CT molecular complexity index is 2560. The Morgan fingerprint density at radius 1 is 0.494 bits per heavy atom. The molecule has 0 radical (unpaired) electrons. The van der Waals surface area contributed by atoms with Crippen LogP contribution in [0.1, 0.15) is 176 Å². The molecule has 8 amide bonds. The topological polar surface area (TPSA) is 239 Å². The number of fused-ring (bicyclic) bond motifs is 2. The van der Waals surface area contributed by atoms with E-state index in [1.807, 2.05) is 24.3 Å². The maximum atomic E-state index is 15.0. The number of nitrogens with zero attached hydrogens (tertiary/aromatic N) is 2. The summed E-state index contributed by atoms with van der Waals surface area (Å²) in [5.41, 5.74) is 4.83. The van der Waals surface area contributed by atoms with Gasteiger partial charge < -0.3 is 52.3 Å². The standard InChI is InChI=1S/C63H92N10O8/c1-38(64-3)56(74)70-54(42-19-7-5-8-20-42)62(80)72-36-47(33-52(72)60(78)66-35-46-25-15-23-40-17-11-13-26-49(40)46)67-58(76)44-29-31-45(32-30-44)59(77)68-48-34-53(61(79)69-51-28-16-24-41-18-12-14-27-50(41)51)73(37-48)63(81)55(43-21-9-6-10-22-43)71-57(75)39(2)65-4/h11-14,17-18,26-27,38-39,42-48,51-55,64-65H,5-10,15-16,19-25,28-37H2,1-4H3,(H,66,78)(H,67,76)(H,68,77)(H,69,79)(H,70,74)(H,71,75)/t38-,39-,44?,45?,46-,47-,48-,51+,52-,53-,54-,55-/m0/s1. The molecule has 10 atom stereocenters. The van der Waals surface area contributed by atoms with Crippen LogP contribution in [0.2, 0.25) is 0 Å². The summed E-state index contributed by atoms with van der Waals surface area (Å²) in [6.07, 6.45) is 17.0. The van der Waals surface area contributed by atoms with Gasteiger partial charge in [-0.15, -0.1) is 0 Å². The molecule has 3 saturated carbocycles. The van der Waals surface area contributed by atoms with E-state index in [1.54, 1.807) is 37.7 Å². The number of likely N-dealkylation sites (N-methyl/N-ethyl adjacent to an activating group) is 2. The van der Waals surface area contributed by atoms with Gasteiger partial charge in [-0.05, 0) is 165 Å². The molecule has 442 valence electrons. The molecule has 18 nitrogen and oxygen atoms in total. The van der Waals surface area contributed by atoms with Gasteiger partial charge >= 0.3 is 0 Å². The molecule has 0 bridgehead atoms. The molecule has 0 aromatic heterocycles. The molecule has 0 unspecified atom stereocenters. The number of carbonyl (C=O) groups excluding carboxylic acids is 8. The predicted octanol–water partition coefficient (Wildman–Crippen LogP) is 4.74. The smallest absolute Gasteiger partial charge is 0.246 e. The molecule has 2 heterocycles. The quantitative estimate of drug-likeness (QED) is 0.0962. The van der Waals surface area contributed by atoms with Gasteiger partial charge in [0.15, 0.2) is 0 Å². The number of benzene rings is 2. The summed E-state index contributed by atoms with van der Waals surface area (Å²) in [5.74, 6) is -2.80. The van der Waals surface area contributed by atoms with E-state index in [4.69, 9.17) is 0 Å². The van der Waals surface area contributed by atoms with Gasteiger partial charge in [0.25, 0.3) is 0 Å². The predicted molar refractivity (Wildman–Crippen MR) is 309 cm³/mol. The average molecular weight is 1120 g/mol. The highest BCUT2D eigenvalue weighted by Gasteiger charge is 2.48. The van der Waals surface area contributed by atoms with E-state index in [0.717, 1.165) is 108 Å². The molecule has 8 N–H and O–H groups in total. The molecular weight excluding hydrogens is 1020 g/mol. The molecule has 2 aliphatic heterocycles. The normalized spacial score (nSPS) is 27.5. The van der Waals surface area contributed by atoms with Crippen molar-refractivity contribution < 1.29 is 38.4 Å². The SMILES string of the molecule is CN[C@@H](C)C(=O)N[C@H](C(=O)N1C[C@@H](NC(=O)C2CCC(C(=O)N[C@H]3C[C@@H](C(=O)N[C@@H]4CCCc5ccccc54)N(C(=O)[C@@H](NC(=O)[C@H](C)NC)C4CCCCC4)C3)CC2)C[C@H]1C(=O)NC[C@@H]1CCCc2ccccc21)C1CCCCC1. The molecule has 5 aliphatic carbocycles. The molecule has 9 rings (SSSR count). The van der Waals surface area contributed by atoms with Crippen molar-refractivity contribution in [3.05, 3.63) is 70.8 Å². The van der Waals surface area contributed by atoms with Gasteiger partial charge in [-0.2, -0.15) is 0 Å². The minimum absolute atomic E-state index is 0.0751. The maximum Gasteiger partial charge on any atom is 0.246 e. The first-order valence-corrected chi connectivity index (χ1v) is 31.1. The third-order valence-corrected chi connectivity index (χ3v) is 19.7. The van der Waals surface area contributed by atoms with Crippen LogP contribution in [-0.4, -0.2) is 139 Å². The lowest BCUT2D eigenvalue weighted by Crippen LogP contribution is -2.58. The average Bonchev–Trinajstić information content (AvgIpc) is 4.35. The largest absolute Gasteiger partial charge is 0.354 e. The van der Waals surface area contributed by atoms with Crippen LogP contribution in [0.15, 0.2) is 48.5 Å². The van der Waals surface area contributed by atoms with Crippen molar-refractivity contribution in [1.29, 1.82) is 0 Å². The highest BCUT2D eigenvalue weighted by molar-refractivity contribution is 5.95. The van der Waals surface area contributed by atoms with Gasteiger partial charge in [-0.3, -0.25) is 38.4 Å². The third-order valence-electron chi connectivity index (χ3n) is 19.7. The first-order valence-electron chi connectivity index (χ1n) is 31.1. The van der Waals surface area contributed by atoms with E-state index in [1.165, 1.54) is 16.7 Å². The lowest BCUT2D eigenvalue weighted by atomic mass is 9.81. The summed E-state index contributed by atoms with van der Waals surface area (Å²) in [6.45, 7) is 4.20. The minimum atomic E-state index is -0.859. The Morgan fingerprint density at radius 2 is 0.938 bits per heavy atom. The van der Waals surface area contributed by atoms with E-state index in [9.17, 15) is 38.4 Å². The highest BCUT2D eigenvalue weighted by Crippen LogP contribution is 2.36. The third kappa shape index (κ3) is 14.5. The number of amides is 8. The van der Waals surface area contributed by atoms with E-state index in [0.29, 0.717) is 32.2 Å². The van der Waals surface area contributed by atoms with Crippen molar-refractivity contribution in [3.8, 4) is 0 Å². The second-order valence-corrected chi connectivity index (χ2v) is 24.9. The van der Waals surface area contributed by atoms with E-state index in [2.05, 4.69) is 66.8 Å². The summed E-state index contributed by atoms with van der Waals surface area (Å²) in [4.78, 5) is 117. The van der Waals surface area contributed by atoms with E-state index >= 15 is 0 Å². The van der Waals surface area contributed by atoms with Crippen LogP contribution in [0.3, 0.4) is 0 Å². The van der Waals surface area contributed by atoms with Crippen molar-refractivity contribution >= 4 is 47.3 Å². The van der Waals surface area contributed by atoms with E-state index in [-0.39, 0.29) is 109 Å². The zero-order valence-electron chi connectivity index (χ0n) is 48.5. The summed E-state index contributed by atoms with van der Waals surface area (Å²) in [6, 6.07) is 10.9. The molecule has 0 spiro atoms. The van der Waals surface area contributed by atoms with Crippen molar-refractivity contribution in [2.45, 2.75) is 215 Å². The molecule has 2 aromatic rings. The monoisotopic (exact) mass is 1120 g/mol. The Hall–Kier alpha value is -5.88. The number of likely N-dealkylation sites (tertiary alicyclic amines) is 2. The number of rotatable bonds is 19. The molecule has 7 aliphatic rings. The zero-order valence-corrected chi connectivity index (χ0v) is 48.5. The minimum Gasteiger partial charge on any atom is -0.354 e. The van der Waals surface area contributed by atoms with Crippen LogP contribution < -0.4 is 42.5 Å². The van der Waals surface area contributed by atoms with Gasteiger partial charge in [0.05, 0.1) is 18.1 Å². The number of carbonyl (C=O) groups is 8. The summed E-state index contributed by atoms with van der Waals surface area (Å²) < 4.78 is 0. The molecule has 81 heavy (non-hydrogen) atoms. The second kappa shape index (κ2) is 27.9. The van der Waals surface area contributed by atoms with Crippen LogP contribution in [0.5, 0.6) is 0 Å². The van der Waals surface area contributed by atoms with Gasteiger partial charge in [-0.25, -0.2) is 0 Å². The zero-order chi connectivity index (χ0) is 57.2. The lowest BCUT2D eigenvalue weighted by molar-refractivity contribution is -0.143. The van der Waals surface area contributed by atoms with Crippen LogP contribution in [0.25, 0.3) is 0 Å². The lowest BCUT2D eigenvalue weighted by Gasteiger charge is -2.35. The first kappa shape index (κ1) is 59.7.